The molecular formula is C17H16N4O2. The van der Waals surface area contributed by atoms with Crippen LogP contribution in [0.5, 0.6) is 0 Å². The predicted molar refractivity (Wildman–Crippen MR) is 85.8 cm³/mol. The average molecular weight is 308 g/mol. The van der Waals surface area contributed by atoms with Crippen molar-refractivity contribution in [3.63, 3.8) is 0 Å². The van der Waals surface area contributed by atoms with Gasteiger partial charge in [-0.05, 0) is 50.1 Å². The zero-order valence-electron chi connectivity index (χ0n) is 13.1. The van der Waals surface area contributed by atoms with E-state index in [-0.39, 0.29) is 5.56 Å². The van der Waals surface area contributed by atoms with Gasteiger partial charge >= 0.3 is 5.97 Å². The number of nitrogens with zero attached hydrogens (tertiary/aromatic N) is 4. The Morgan fingerprint density at radius 1 is 1.04 bits per heavy atom. The van der Waals surface area contributed by atoms with Crippen LogP contribution in [0.4, 0.5) is 0 Å². The molecule has 1 N–H and O–H groups in total. The summed E-state index contributed by atoms with van der Waals surface area (Å²) in [5.74, 6) is -0.518. The summed E-state index contributed by atoms with van der Waals surface area (Å²) >= 11 is 0. The van der Waals surface area contributed by atoms with Crippen molar-refractivity contribution in [1.82, 2.24) is 20.0 Å². The normalized spacial score (nSPS) is 10.7. The fourth-order valence-corrected chi connectivity index (χ4v) is 2.34. The zero-order chi connectivity index (χ0) is 16.6. The minimum atomic E-state index is -1.01. The Balaban J connectivity index is 1.96. The van der Waals surface area contributed by atoms with Gasteiger partial charge < -0.3 is 5.11 Å². The van der Waals surface area contributed by atoms with Crippen LogP contribution in [0.15, 0.2) is 36.5 Å². The fraction of sp³-hybridized carbons (Fsp3) is 0.176. The Bertz CT molecular complexity index is 882. The van der Waals surface area contributed by atoms with E-state index in [0.29, 0.717) is 11.5 Å². The lowest BCUT2D eigenvalue weighted by molar-refractivity contribution is 0.0696. The van der Waals surface area contributed by atoms with Gasteiger partial charge in [0.2, 0.25) is 0 Å². The van der Waals surface area contributed by atoms with E-state index in [0.717, 1.165) is 11.3 Å². The Kier molecular flexibility index (Phi) is 3.65. The van der Waals surface area contributed by atoms with Crippen LogP contribution in [0.2, 0.25) is 0 Å². The Hall–Kier alpha value is -3.02. The number of rotatable bonds is 3. The van der Waals surface area contributed by atoms with Crippen LogP contribution < -0.4 is 0 Å². The molecule has 2 heterocycles. The molecule has 2 aromatic heterocycles. The van der Waals surface area contributed by atoms with Crippen molar-refractivity contribution in [2.75, 3.05) is 0 Å². The zero-order valence-corrected chi connectivity index (χ0v) is 13.1. The van der Waals surface area contributed by atoms with Gasteiger partial charge in [0.25, 0.3) is 0 Å². The maximum atomic E-state index is 11.1. The number of hydrogen-bond acceptors (Lipinski definition) is 4. The van der Waals surface area contributed by atoms with Gasteiger partial charge in [-0.1, -0.05) is 12.1 Å². The first-order valence-corrected chi connectivity index (χ1v) is 7.17. The highest BCUT2D eigenvalue weighted by atomic mass is 16.4. The molecule has 6 heteroatoms. The average Bonchev–Trinajstić information content (AvgIpc) is 2.92. The standard InChI is InChI=1S/C17H16N4O2/c1-10-4-5-13(8-11(10)2)15-6-7-16(20-19-15)21-12(3)14(9-18-21)17(22)23/h4-9H,1-3H3,(H,22,23). The van der Waals surface area contributed by atoms with E-state index in [2.05, 4.69) is 41.3 Å². The van der Waals surface area contributed by atoms with E-state index >= 15 is 0 Å². The molecule has 0 aliphatic carbocycles. The van der Waals surface area contributed by atoms with Crippen molar-refractivity contribution in [1.29, 1.82) is 0 Å². The van der Waals surface area contributed by atoms with Crippen LogP contribution in [0, 0.1) is 20.8 Å². The summed E-state index contributed by atoms with van der Waals surface area (Å²) in [5.41, 5.74) is 4.86. The molecule has 3 aromatic rings. The molecule has 0 spiro atoms. The topological polar surface area (TPSA) is 80.9 Å². The van der Waals surface area contributed by atoms with Crippen LogP contribution in [0.1, 0.15) is 27.2 Å². The van der Waals surface area contributed by atoms with Crippen LogP contribution >= 0.6 is 0 Å². The van der Waals surface area contributed by atoms with E-state index in [1.165, 1.54) is 22.0 Å². The molecule has 0 fully saturated rings. The van der Waals surface area contributed by atoms with Gasteiger partial charge in [0.05, 0.1) is 17.6 Å². The molecule has 0 saturated heterocycles. The van der Waals surface area contributed by atoms with Crippen molar-refractivity contribution >= 4 is 5.97 Å². The van der Waals surface area contributed by atoms with Crippen LogP contribution in [0.25, 0.3) is 17.1 Å². The molecule has 3 rings (SSSR count). The SMILES string of the molecule is Cc1ccc(-c2ccc(-n3ncc(C(=O)O)c3C)nn2)cc1C. The summed E-state index contributed by atoms with van der Waals surface area (Å²) in [6.07, 6.45) is 1.32. The molecule has 6 nitrogen and oxygen atoms in total. The maximum absolute atomic E-state index is 11.1. The summed E-state index contributed by atoms with van der Waals surface area (Å²) < 4.78 is 1.47. The number of carboxylic acid groups (broad SMARTS) is 1. The molecule has 0 bridgehead atoms. The first-order chi connectivity index (χ1) is 11.0. The van der Waals surface area contributed by atoms with Crippen LogP contribution in [-0.2, 0) is 0 Å². The Morgan fingerprint density at radius 2 is 1.83 bits per heavy atom. The summed E-state index contributed by atoms with van der Waals surface area (Å²) in [7, 11) is 0. The first-order valence-electron chi connectivity index (χ1n) is 7.17. The largest absolute Gasteiger partial charge is 0.478 e. The smallest absolute Gasteiger partial charge is 0.339 e. The molecule has 0 aliphatic heterocycles. The highest BCUT2D eigenvalue weighted by Gasteiger charge is 2.14. The van der Waals surface area contributed by atoms with Crippen LogP contribution in [-0.4, -0.2) is 31.1 Å². The summed E-state index contributed by atoms with van der Waals surface area (Å²) in [6, 6.07) is 9.77. The Labute approximate surface area is 133 Å². The van der Waals surface area contributed by atoms with E-state index in [4.69, 9.17) is 5.11 Å². The van der Waals surface area contributed by atoms with Crippen molar-refractivity contribution in [3.8, 4) is 17.1 Å². The van der Waals surface area contributed by atoms with Gasteiger partial charge in [0.15, 0.2) is 5.82 Å². The van der Waals surface area contributed by atoms with Gasteiger partial charge in [-0.25, -0.2) is 9.48 Å². The predicted octanol–water partition coefficient (Wildman–Crippen LogP) is 2.95. The fourth-order valence-electron chi connectivity index (χ4n) is 2.34. The van der Waals surface area contributed by atoms with Gasteiger partial charge in [0, 0.05) is 5.56 Å². The second-order valence-electron chi connectivity index (χ2n) is 5.44. The third-order valence-electron chi connectivity index (χ3n) is 3.91. The van der Waals surface area contributed by atoms with Crippen LogP contribution in [0.3, 0.4) is 0 Å². The van der Waals surface area contributed by atoms with Gasteiger partial charge in [0.1, 0.15) is 5.56 Å². The third-order valence-corrected chi connectivity index (χ3v) is 3.91. The molecular weight excluding hydrogens is 292 g/mol. The van der Waals surface area contributed by atoms with Gasteiger partial charge in [-0.15, -0.1) is 10.2 Å². The molecule has 1 aromatic carbocycles. The molecule has 0 unspecified atom stereocenters. The minimum absolute atomic E-state index is 0.157. The van der Waals surface area contributed by atoms with E-state index < -0.39 is 5.97 Å². The van der Waals surface area contributed by atoms with Crippen molar-refractivity contribution in [2.24, 2.45) is 0 Å². The lowest BCUT2D eigenvalue weighted by Crippen LogP contribution is -2.05. The van der Waals surface area contributed by atoms with Crippen molar-refractivity contribution in [2.45, 2.75) is 20.8 Å². The van der Waals surface area contributed by atoms with Crippen molar-refractivity contribution < 1.29 is 9.90 Å². The second kappa shape index (κ2) is 5.64. The molecule has 0 radical (unpaired) electrons. The van der Waals surface area contributed by atoms with E-state index in [9.17, 15) is 4.79 Å². The summed E-state index contributed by atoms with van der Waals surface area (Å²) in [6.45, 7) is 5.81. The third kappa shape index (κ3) is 2.70. The van der Waals surface area contributed by atoms with Gasteiger partial charge in [-0.2, -0.15) is 5.10 Å². The number of aromatic carboxylic acids is 1. The quantitative estimate of drug-likeness (QED) is 0.804. The molecule has 0 saturated carbocycles. The summed E-state index contributed by atoms with van der Waals surface area (Å²) in [4.78, 5) is 11.1. The lowest BCUT2D eigenvalue weighted by Gasteiger charge is -2.06. The molecule has 0 amide bonds. The summed E-state index contributed by atoms with van der Waals surface area (Å²) in [5, 5.41) is 21.5. The number of carboxylic acids is 1. The number of hydrogen-bond donors (Lipinski definition) is 1. The highest BCUT2D eigenvalue weighted by Crippen LogP contribution is 2.20. The number of aromatic nitrogens is 4. The molecule has 0 atom stereocenters. The lowest BCUT2D eigenvalue weighted by atomic mass is 10.0. The van der Waals surface area contributed by atoms with E-state index in [1.807, 2.05) is 12.1 Å². The number of carbonyl (C=O) groups is 1. The maximum Gasteiger partial charge on any atom is 0.339 e. The monoisotopic (exact) mass is 308 g/mol. The highest BCUT2D eigenvalue weighted by molar-refractivity contribution is 5.88. The van der Waals surface area contributed by atoms with Crippen molar-refractivity contribution in [3.05, 3.63) is 58.9 Å². The first kappa shape index (κ1) is 14.9. The number of aryl methyl sites for hydroxylation is 2. The second-order valence-corrected chi connectivity index (χ2v) is 5.44. The van der Waals surface area contributed by atoms with E-state index in [1.54, 1.807) is 13.0 Å². The molecule has 116 valence electrons. The van der Waals surface area contributed by atoms with Gasteiger partial charge in [-0.3, -0.25) is 0 Å². The minimum Gasteiger partial charge on any atom is -0.478 e. The molecule has 0 aliphatic rings. The number of benzene rings is 1. The molecule has 23 heavy (non-hydrogen) atoms. The Morgan fingerprint density at radius 3 is 2.39 bits per heavy atom.